The van der Waals surface area contributed by atoms with Crippen molar-refractivity contribution in [3.63, 3.8) is 0 Å². The van der Waals surface area contributed by atoms with Crippen LogP contribution in [0, 0.1) is 0 Å². The van der Waals surface area contributed by atoms with Crippen LogP contribution in [0.25, 0.3) is 17.1 Å². The van der Waals surface area contributed by atoms with Crippen LogP contribution >= 0.6 is 0 Å². The van der Waals surface area contributed by atoms with E-state index in [1.165, 1.54) is 0 Å². The second-order valence-electron chi connectivity index (χ2n) is 7.10. The molecule has 2 aliphatic heterocycles. The highest BCUT2D eigenvalue weighted by Gasteiger charge is 2.41. The molecule has 0 amide bonds. The number of benzene rings is 1. The average molecular weight is 401 g/mol. The van der Waals surface area contributed by atoms with Gasteiger partial charge in [0.15, 0.2) is 11.3 Å². The Morgan fingerprint density at radius 3 is 3.00 bits per heavy atom. The number of rotatable bonds is 4. The van der Waals surface area contributed by atoms with E-state index in [-0.39, 0.29) is 24.0 Å². The molecular formula is C23H19N3O4. The minimum Gasteiger partial charge on any atom is -0.462 e. The van der Waals surface area contributed by atoms with E-state index in [0.29, 0.717) is 17.8 Å². The standard InChI is InChI=1S/C23H19N3O4/c1-2-29-23(28)19-20(27)18(11-14-12-25-22-15(14)7-5-9-24-22)30-21(19)17-10-13-6-3-4-8-16(13)26-17/h3-9,11-12,17,26H,2,10H2,1H3,(H,24,25). The summed E-state index contributed by atoms with van der Waals surface area (Å²) < 4.78 is 11.1. The number of esters is 1. The molecule has 1 aromatic carbocycles. The van der Waals surface area contributed by atoms with E-state index in [2.05, 4.69) is 15.3 Å². The number of Topliss-reactive ketones (excluding diaryl/α,β-unsaturated/α-hetero) is 1. The van der Waals surface area contributed by atoms with Crippen molar-refractivity contribution in [2.75, 3.05) is 11.9 Å². The molecule has 0 bridgehead atoms. The molecule has 2 aromatic heterocycles. The number of carbonyl (C=O) groups excluding carboxylic acids is 2. The Hall–Kier alpha value is -3.87. The van der Waals surface area contributed by atoms with E-state index in [4.69, 9.17) is 9.47 Å². The van der Waals surface area contributed by atoms with Gasteiger partial charge in [-0.05, 0) is 36.8 Å². The van der Waals surface area contributed by atoms with E-state index in [1.807, 2.05) is 36.4 Å². The predicted molar refractivity (Wildman–Crippen MR) is 111 cm³/mol. The van der Waals surface area contributed by atoms with Crippen molar-refractivity contribution >= 4 is 34.5 Å². The number of hydrogen-bond acceptors (Lipinski definition) is 6. The summed E-state index contributed by atoms with van der Waals surface area (Å²) in [4.78, 5) is 33.1. The van der Waals surface area contributed by atoms with Crippen LogP contribution in [0.1, 0.15) is 18.1 Å². The van der Waals surface area contributed by atoms with Crippen LogP contribution in [-0.4, -0.2) is 34.4 Å². The van der Waals surface area contributed by atoms with E-state index in [0.717, 1.165) is 22.2 Å². The Labute approximate surface area is 172 Å². The van der Waals surface area contributed by atoms with Gasteiger partial charge in [-0.15, -0.1) is 0 Å². The van der Waals surface area contributed by atoms with E-state index >= 15 is 0 Å². The van der Waals surface area contributed by atoms with Crippen molar-refractivity contribution in [1.82, 2.24) is 9.97 Å². The van der Waals surface area contributed by atoms with Gasteiger partial charge in [0.05, 0.1) is 12.6 Å². The minimum absolute atomic E-state index is 0.0497. The molecule has 30 heavy (non-hydrogen) atoms. The summed E-state index contributed by atoms with van der Waals surface area (Å²) in [6.07, 6.45) is 5.70. The number of ether oxygens (including phenoxy) is 2. The van der Waals surface area contributed by atoms with Crippen molar-refractivity contribution < 1.29 is 19.1 Å². The van der Waals surface area contributed by atoms with Gasteiger partial charge in [0, 0.05) is 35.5 Å². The van der Waals surface area contributed by atoms with Crippen molar-refractivity contribution in [3.05, 3.63) is 77.0 Å². The fourth-order valence-corrected chi connectivity index (χ4v) is 3.88. The molecule has 0 saturated heterocycles. The van der Waals surface area contributed by atoms with E-state index < -0.39 is 11.8 Å². The Kier molecular flexibility index (Phi) is 4.35. The molecule has 2 aliphatic rings. The molecule has 5 rings (SSSR count). The lowest BCUT2D eigenvalue weighted by atomic mass is 10.0. The first kappa shape index (κ1) is 18.2. The zero-order valence-electron chi connectivity index (χ0n) is 16.3. The van der Waals surface area contributed by atoms with Gasteiger partial charge >= 0.3 is 5.97 Å². The largest absolute Gasteiger partial charge is 0.462 e. The molecule has 1 unspecified atom stereocenters. The number of fused-ring (bicyclic) bond motifs is 2. The summed E-state index contributed by atoms with van der Waals surface area (Å²) in [6, 6.07) is 11.3. The van der Waals surface area contributed by atoms with E-state index in [1.54, 1.807) is 25.4 Å². The molecule has 0 radical (unpaired) electrons. The maximum Gasteiger partial charge on any atom is 0.345 e. The Bertz CT molecular complexity index is 1210. The monoisotopic (exact) mass is 401 g/mol. The number of pyridine rings is 1. The summed E-state index contributed by atoms with van der Waals surface area (Å²) in [6.45, 7) is 1.88. The highest BCUT2D eigenvalue weighted by molar-refractivity contribution is 6.26. The first-order chi connectivity index (χ1) is 14.7. The molecule has 1 atom stereocenters. The normalized spacial score (nSPS) is 19.2. The highest BCUT2D eigenvalue weighted by atomic mass is 16.5. The quantitative estimate of drug-likeness (QED) is 0.396. The lowest BCUT2D eigenvalue weighted by molar-refractivity contribution is -0.139. The average Bonchev–Trinajstić information content (AvgIpc) is 3.44. The molecule has 0 aliphatic carbocycles. The van der Waals surface area contributed by atoms with Crippen LogP contribution < -0.4 is 5.32 Å². The van der Waals surface area contributed by atoms with Gasteiger partial charge in [0.1, 0.15) is 11.4 Å². The van der Waals surface area contributed by atoms with Gasteiger partial charge in [-0.3, -0.25) is 4.79 Å². The van der Waals surface area contributed by atoms with Gasteiger partial charge in [0.25, 0.3) is 0 Å². The molecular weight excluding hydrogens is 382 g/mol. The summed E-state index contributed by atoms with van der Waals surface area (Å²) in [5.74, 6) is -0.742. The van der Waals surface area contributed by atoms with E-state index in [9.17, 15) is 9.59 Å². The number of aromatic amines is 1. The molecule has 7 heteroatoms. The fraction of sp³-hybridized carbons (Fsp3) is 0.174. The van der Waals surface area contributed by atoms with Crippen LogP contribution in [0.15, 0.2) is 65.9 Å². The second-order valence-corrected chi connectivity index (χ2v) is 7.10. The molecule has 0 fully saturated rings. The third-order valence-corrected chi connectivity index (χ3v) is 5.25. The van der Waals surface area contributed by atoms with Crippen molar-refractivity contribution in [3.8, 4) is 0 Å². The summed E-state index contributed by atoms with van der Waals surface area (Å²) in [7, 11) is 0. The Morgan fingerprint density at radius 2 is 2.17 bits per heavy atom. The third kappa shape index (κ3) is 2.95. The maximum absolute atomic E-state index is 13.1. The number of anilines is 1. The lowest BCUT2D eigenvalue weighted by Gasteiger charge is -2.13. The topological polar surface area (TPSA) is 93.3 Å². The minimum atomic E-state index is -0.667. The van der Waals surface area contributed by atoms with Gasteiger partial charge in [-0.25, -0.2) is 9.78 Å². The number of aromatic nitrogens is 2. The Balaban J connectivity index is 1.52. The van der Waals surface area contributed by atoms with Gasteiger partial charge < -0.3 is 19.8 Å². The van der Waals surface area contributed by atoms with Crippen LogP contribution in [0.5, 0.6) is 0 Å². The number of para-hydroxylation sites is 1. The number of hydrogen-bond donors (Lipinski definition) is 2. The number of nitrogens with one attached hydrogen (secondary N) is 2. The summed E-state index contributed by atoms with van der Waals surface area (Å²) >= 11 is 0. The van der Waals surface area contributed by atoms with Gasteiger partial charge in [0.2, 0.25) is 5.78 Å². The summed E-state index contributed by atoms with van der Waals surface area (Å²) in [5.41, 5.74) is 3.49. The summed E-state index contributed by atoms with van der Waals surface area (Å²) in [5, 5.41) is 4.21. The smallest absolute Gasteiger partial charge is 0.345 e. The number of nitrogens with zero attached hydrogens (tertiary/aromatic N) is 1. The lowest BCUT2D eigenvalue weighted by Crippen LogP contribution is -2.22. The molecule has 0 saturated carbocycles. The van der Waals surface area contributed by atoms with Crippen LogP contribution in [-0.2, 0) is 25.5 Å². The first-order valence-electron chi connectivity index (χ1n) is 9.77. The molecule has 4 heterocycles. The Morgan fingerprint density at radius 1 is 1.30 bits per heavy atom. The SMILES string of the molecule is CCOC(=O)C1=C(C2Cc3ccccc3N2)OC(=Cc2c[nH]c3ncccc23)C1=O. The number of allylic oxidation sites excluding steroid dienone is 1. The number of ketones is 1. The van der Waals surface area contributed by atoms with Crippen LogP contribution in [0.3, 0.4) is 0 Å². The highest BCUT2D eigenvalue weighted by Crippen LogP contribution is 2.36. The first-order valence-corrected chi connectivity index (χ1v) is 9.77. The predicted octanol–water partition coefficient (Wildman–Crippen LogP) is 3.36. The molecule has 2 N–H and O–H groups in total. The second kappa shape index (κ2) is 7.18. The number of H-pyrrole nitrogens is 1. The number of carbonyl (C=O) groups is 2. The zero-order valence-corrected chi connectivity index (χ0v) is 16.3. The van der Waals surface area contributed by atoms with Gasteiger partial charge in [-0.1, -0.05) is 18.2 Å². The van der Waals surface area contributed by atoms with Crippen LogP contribution in [0.4, 0.5) is 5.69 Å². The van der Waals surface area contributed by atoms with Crippen molar-refractivity contribution in [1.29, 1.82) is 0 Å². The van der Waals surface area contributed by atoms with Crippen molar-refractivity contribution in [2.24, 2.45) is 0 Å². The van der Waals surface area contributed by atoms with Gasteiger partial charge in [-0.2, -0.15) is 0 Å². The van der Waals surface area contributed by atoms with Crippen molar-refractivity contribution in [2.45, 2.75) is 19.4 Å². The molecule has 3 aromatic rings. The third-order valence-electron chi connectivity index (χ3n) is 5.25. The fourth-order valence-electron chi connectivity index (χ4n) is 3.88. The zero-order chi connectivity index (χ0) is 20.7. The molecule has 0 spiro atoms. The maximum atomic E-state index is 13.1. The van der Waals surface area contributed by atoms with Crippen LogP contribution in [0.2, 0.25) is 0 Å². The molecule has 7 nitrogen and oxygen atoms in total. The molecule has 150 valence electrons.